The van der Waals surface area contributed by atoms with Gasteiger partial charge in [0.15, 0.2) is 0 Å². The molecule has 0 bridgehead atoms. The van der Waals surface area contributed by atoms with Gasteiger partial charge >= 0.3 is 0 Å². The second-order valence-electron chi connectivity index (χ2n) is 4.46. The molecule has 1 aromatic carbocycles. The van der Waals surface area contributed by atoms with E-state index in [4.69, 9.17) is 10.2 Å². The van der Waals surface area contributed by atoms with Crippen LogP contribution in [0.25, 0.3) is 0 Å². The Kier molecular flexibility index (Phi) is 3.64. The smallest absolute Gasteiger partial charge is 0.121 e. The normalized spacial score (nSPS) is 12.6. The third-order valence-corrected chi connectivity index (χ3v) is 2.93. The molecule has 2 N–H and O–H groups in total. The maximum Gasteiger partial charge on any atom is 0.121 e. The van der Waals surface area contributed by atoms with E-state index in [-0.39, 0.29) is 6.04 Å². The van der Waals surface area contributed by atoms with Crippen molar-refractivity contribution in [2.24, 2.45) is 5.73 Å². The lowest BCUT2D eigenvalue weighted by Crippen LogP contribution is -2.12. The first kappa shape index (κ1) is 11.9. The minimum Gasteiger partial charge on any atom is -0.464 e. The molecular weight excluding hydrogens is 210 g/mol. The van der Waals surface area contributed by atoms with Crippen LogP contribution in [0.3, 0.4) is 0 Å². The third-order valence-electron chi connectivity index (χ3n) is 2.93. The Morgan fingerprint density at radius 1 is 1.24 bits per heavy atom. The largest absolute Gasteiger partial charge is 0.464 e. The first-order valence-electron chi connectivity index (χ1n) is 6.08. The van der Waals surface area contributed by atoms with Crippen LogP contribution in [0.15, 0.2) is 40.8 Å². The van der Waals surface area contributed by atoms with E-state index in [9.17, 15) is 0 Å². The van der Waals surface area contributed by atoms with Crippen molar-refractivity contribution in [2.75, 3.05) is 0 Å². The summed E-state index contributed by atoms with van der Waals surface area (Å²) in [6, 6.07) is 12.4. The van der Waals surface area contributed by atoms with Crippen molar-refractivity contribution in [1.29, 1.82) is 0 Å². The van der Waals surface area contributed by atoms with Crippen LogP contribution in [0.5, 0.6) is 0 Å². The van der Waals surface area contributed by atoms with Gasteiger partial charge in [-0.3, -0.25) is 0 Å². The van der Waals surface area contributed by atoms with Crippen molar-refractivity contribution in [3.8, 4) is 0 Å². The van der Waals surface area contributed by atoms with Gasteiger partial charge in [-0.15, -0.1) is 0 Å². The van der Waals surface area contributed by atoms with Crippen LogP contribution in [-0.4, -0.2) is 0 Å². The summed E-state index contributed by atoms with van der Waals surface area (Å²) in [6.45, 7) is 4.17. The maximum absolute atomic E-state index is 6.15. The van der Waals surface area contributed by atoms with E-state index >= 15 is 0 Å². The molecule has 2 nitrogen and oxygen atoms in total. The Morgan fingerprint density at radius 3 is 2.71 bits per heavy atom. The highest BCUT2D eigenvalue weighted by Crippen LogP contribution is 2.19. The lowest BCUT2D eigenvalue weighted by molar-refractivity contribution is 0.434. The Bertz CT molecular complexity index is 487. The van der Waals surface area contributed by atoms with Crippen molar-refractivity contribution in [3.05, 3.63) is 59.0 Å². The molecule has 0 aliphatic carbocycles. The average Bonchev–Trinajstić information content (AvgIpc) is 2.77. The average molecular weight is 229 g/mol. The molecule has 17 heavy (non-hydrogen) atoms. The number of rotatable bonds is 4. The SMILES string of the molecule is CCc1ccc(C(N)Cc2cccc(C)c2)o1. The van der Waals surface area contributed by atoms with Gasteiger partial charge in [0.1, 0.15) is 11.5 Å². The summed E-state index contributed by atoms with van der Waals surface area (Å²) in [7, 11) is 0. The molecule has 0 amide bonds. The topological polar surface area (TPSA) is 39.2 Å². The minimum absolute atomic E-state index is 0.0582. The first-order valence-corrected chi connectivity index (χ1v) is 6.08. The number of nitrogens with two attached hydrogens (primary N) is 1. The van der Waals surface area contributed by atoms with Crippen LogP contribution in [0.4, 0.5) is 0 Å². The fourth-order valence-corrected chi connectivity index (χ4v) is 1.98. The van der Waals surface area contributed by atoms with E-state index in [1.54, 1.807) is 0 Å². The Labute approximate surface area is 102 Å². The van der Waals surface area contributed by atoms with Gasteiger partial charge in [-0.25, -0.2) is 0 Å². The van der Waals surface area contributed by atoms with E-state index in [1.165, 1.54) is 11.1 Å². The molecule has 0 saturated heterocycles. The zero-order valence-electron chi connectivity index (χ0n) is 10.4. The van der Waals surface area contributed by atoms with Gasteiger partial charge in [0.05, 0.1) is 6.04 Å². The standard InChI is InChI=1S/C15H19NO/c1-3-13-7-8-15(17-13)14(16)10-12-6-4-5-11(2)9-12/h4-9,14H,3,10,16H2,1-2H3. The van der Waals surface area contributed by atoms with Crippen LogP contribution in [0, 0.1) is 6.92 Å². The highest BCUT2D eigenvalue weighted by Gasteiger charge is 2.11. The number of aryl methyl sites for hydroxylation is 2. The predicted molar refractivity (Wildman–Crippen MR) is 69.9 cm³/mol. The van der Waals surface area contributed by atoms with Gasteiger partial charge in [0.2, 0.25) is 0 Å². The van der Waals surface area contributed by atoms with Crippen LogP contribution in [0.1, 0.15) is 35.6 Å². The summed E-state index contributed by atoms with van der Waals surface area (Å²) in [5.74, 6) is 1.88. The fourth-order valence-electron chi connectivity index (χ4n) is 1.98. The summed E-state index contributed by atoms with van der Waals surface area (Å²) in [4.78, 5) is 0. The van der Waals surface area contributed by atoms with Gasteiger partial charge < -0.3 is 10.2 Å². The zero-order valence-corrected chi connectivity index (χ0v) is 10.4. The molecule has 1 atom stereocenters. The van der Waals surface area contributed by atoms with Gasteiger partial charge in [0.25, 0.3) is 0 Å². The van der Waals surface area contributed by atoms with Crippen molar-refractivity contribution in [1.82, 2.24) is 0 Å². The van der Waals surface area contributed by atoms with E-state index in [1.807, 2.05) is 12.1 Å². The molecule has 0 aliphatic heterocycles. The van der Waals surface area contributed by atoms with Crippen molar-refractivity contribution in [3.63, 3.8) is 0 Å². The zero-order chi connectivity index (χ0) is 12.3. The highest BCUT2D eigenvalue weighted by atomic mass is 16.3. The molecule has 2 rings (SSSR count). The highest BCUT2D eigenvalue weighted by molar-refractivity contribution is 5.24. The van der Waals surface area contributed by atoms with Gasteiger partial charge in [-0.2, -0.15) is 0 Å². The third kappa shape index (κ3) is 2.98. The molecule has 90 valence electrons. The Morgan fingerprint density at radius 2 is 2.06 bits per heavy atom. The lowest BCUT2D eigenvalue weighted by atomic mass is 10.0. The van der Waals surface area contributed by atoms with E-state index in [0.29, 0.717) is 0 Å². The molecule has 0 fully saturated rings. The van der Waals surface area contributed by atoms with E-state index < -0.39 is 0 Å². The Hall–Kier alpha value is -1.54. The number of hydrogen-bond donors (Lipinski definition) is 1. The number of benzene rings is 1. The number of furan rings is 1. The molecule has 1 heterocycles. The second kappa shape index (κ2) is 5.19. The lowest BCUT2D eigenvalue weighted by Gasteiger charge is -2.09. The van der Waals surface area contributed by atoms with Crippen molar-refractivity contribution in [2.45, 2.75) is 32.7 Å². The molecule has 1 aromatic heterocycles. The quantitative estimate of drug-likeness (QED) is 0.872. The first-order chi connectivity index (χ1) is 8.19. The molecule has 0 aliphatic rings. The Balaban J connectivity index is 2.08. The molecule has 1 unspecified atom stereocenters. The fraction of sp³-hybridized carbons (Fsp3) is 0.333. The summed E-state index contributed by atoms with van der Waals surface area (Å²) in [5, 5.41) is 0. The van der Waals surface area contributed by atoms with Crippen molar-refractivity contribution < 1.29 is 4.42 Å². The molecule has 2 aromatic rings. The predicted octanol–water partition coefficient (Wildman–Crippen LogP) is 3.39. The summed E-state index contributed by atoms with van der Waals surface area (Å²) >= 11 is 0. The van der Waals surface area contributed by atoms with Gasteiger partial charge in [-0.05, 0) is 31.0 Å². The van der Waals surface area contributed by atoms with Crippen LogP contribution in [-0.2, 0) is 12.8 Å². The summed E-state index contributed by atoms with van der Waals surface area (Å²) < 4.78 is 5.67. The maximum atomic E-state index is 6.15. The summed E-state index contributed by atoms with van der Waals surface area (Å²) in [5.41, 5.74) is 8.67. The van der Waals surface area contributed by atoms with Crippen LogP contribution >= 0.6 is 0 Å². The van der Waals surface area contributed by atoms with Crippen molar-refractivity contribution >= 4 is 0 Å². The molecule has 0 saturated carbocycles. The monoisotopic (exact) mass is 229 g/mol. The molecular formula is C15H19NO. The minimum atomic E-state index is -0.0582. The van der Waals surface area contributed by atoms with Crippen LogP contribution in [0.2, 0.25) is 0 Å². The van der Waals surface area contributed by atoms with E-state index in [0.717, 1.165) is 24.4 Å². The van der Waals surface area contributed by atoms with Gasteiger partial charge in [0, 0.05) is 6.42 Å². The molecule has 2 heteroatoms. The van der Waals surface area contributed by atoms with E-state index in [2.05, 4.69) is 38.1 Å². The van der Waals surface area contributed by atoms with Gasteiger partial charge in [-0.1, -0.05) is 36.8 Å². The molecule has 0 radical (unpaired) electrons. The molecule has 0 spiro atoms. The number of hydrogen-bond acceptors (Lipinski definition) is 2. The summed E-state index contributed by atoms with van der Waals surface area (Å²) in [6.07, 6.45) is 1.73. The second-order valence-corrected chi connectivity index (χ2v) is 4.46. The van der Waals surface area contributed by atoms with Crippen LogP contribution < -0.4 is 5.73 Å².